The zero-order valence-electron chi connectivity index (χ0n) is 17.2. The lowest BCUT2D eigenvalue weighted by Crippen LogP contribution is -2.52. The van der Waals surface area contributed by atoms with Crippen molar-refractivity contribution in [3.05, 3.63) is 41.0 Å². The number of hydrogen-bond acceptors (Lipinski definition) is 7. The molecule has 0 bridgehead atoms. The summed E-state index contributed by atoms with van der Waals surface area (Å²) in [7, 11) is 3.29. The Morgan fingerprint density at radius 2 is 1.87 bits per heavy atom. The number of ether oxygens (including phenoxy) is 1. The number of aromatic nitrogens is 2. The molecule has 1 aliphatic rings. The Labute approximate surface area is 176 Å². The Bertz CT molecular complexity index is 961. The minimum absolute atomic E-state index is 0.0651. The van der Waals surface area contributed by atoms with Gasteiger partial charge in [0.1, 0.15) is 11.6 Å². The molecule has 0 unspecified atom stereocenters. The number of aryl methyl sites for hydroxylation is 1. The molecule has 1 aliphatic heterocycles. The van der Waals surface area contributed by atoms with Gasteiger partial charge in [0, 0.05) is 38.4 Å². The molecule has 1 amide bonds. The zero-order chi connectivity index (χ0) is 22.8. The predicted octanol–water partition coefficient (Wildman–Crippen LogP) is 2.59. The molecular weight excluding hydrogens is 420 g/mol. The minimum Gasteiger partial charge on any atom is -0.495 e. The van der Waals surface area contributed by atoms with Crippen LogP contribution in [0, 0.1) is 12.7 Å². The number of piperazine rings is 1. The van der Waals surface area contributed by atoms with Gasteiger partial charge in [-0.3, -0.25) is 10.2 Å². The number of benzene rings is 1. The Morgan fingerprint density at radius 1 is 1.19 bits per heavy atom. The molecule has 2 aromatic rings. The van der Waals surface area contributed by atoms with Crippen LogP contribution in [-0.2, 0) is 6.18 Å². The molecule has 0 atom stereocenters. The van der Waals surface area contributed by atoms with E-state index in [0.717, 1.165) is 19.2 Å². The molecule has 1 saturated heterocycles. The van der Waals surface area contributed by atoms with E-state index in [2.05, 4.69) is 25.6 Å². The van der Waals surface area contributed by atoms with E-state index >= 15 is 0 Å². The summed E-state index contributed by atoms with van der Waals surface area (Å²) in [4.78, 5) is 22.0. The Morgan fingerprint density at radius 3 is 2.45 bits per heavy atom. The number of anilines is 2. The van der Waals surface area contributed by atoms with Gasteiger partial charge in [-0.15, -0.1) is 0 Å². The molecule has 2 N–H and O–H groups in total. The predicted molar refractivity (Wildman–Crippen MR) is 105 cm³/mol. The first-order valence-electron chi connectivity index (χ1n) is 9.38. The third kappa shape index (κ3) is 5.39. The van der Waals surface area contributed by atoms with Crippen LogP contribution in [-0.4, -0.2) is 66.1 Å². The summed E-state index contributed by atoms with van der Waals surface area (Å²) in [5.74, 6) is -1.53. The first-order valence-corrected chi connectivity index (χ1v) is 9.38. The second-order valence-corrected chi connectivity index (χ2v) is 7.08. The molecule has 0 aliphatic carbocycles. The highest BCUT2D eigenvalue weighted by molar-refractivity contribution is 5.95. The minimum atomic E-state index is -4.58. The van der Waals surface area contributed by atoms with Crippen LogP contribution in [0.4, 0.5) is 29.2 Å². The average molecular weight is 442 g/mol. The second kappa shape index (κ2) is 9.02. The van der Waals surface area contributed by atoms with Gasteiger partial charge in [0.05, 0.1) is 29.6 Å². The van der Waals surface area contributed by atoms with Gasteiger partial charge in [0.2, 0.25) is 5.95 Å². The number of carbonyl (C=O) groups is 1. The van der Waals surface area contributed by atoms with Crippen molar-refractivity contribution in [3.63, 3.8) is 0 Å². The van der Waals surface area contributed by atoms with Crippen molar-refractivity contribution in [2.75, 3.05) is 45.7 Å². The molecular formula is C19H22F4N6O2. The number of likely N-dealkylation sites (N-methyl/N-ethyl adjacent to an activating group) is 1. The van der Waals surface area contributed by atoms with Gasteiger partial charge >= 0.3 is 6.18 Å². The number of rotatable bonds is 5. The highest BCUT2D eigenvalue weighted by Crippen LogP contribution is 2.33. The van der Waals surface area contributed by atoms with Crippen LogP contribution in [0.2, 0.25) is 0 Å². The van der Waals surface area contributed by atoms with Gasteiger partial charge in [-0.05, 0) is 20.0 Å². The largest absolute Gasteiger partial charge is 0.495 e. The summed E-state index contributed by atoms with van der Waals surface area (Å²) < 4.78 is 58.5. The summed E-state index contributed by atoms with van der Waals surface area (Å²) in [6.45, 7) is 3.93. The Kier molecular flexibility index (Phi) is 6.60. The number of halogens is 4. The van der Waals surface area contributed by atoms with E-state index in [0.29, 0.717) is 19.3 Å². The van der Waals surface area contributed by atoms with E-state index < -0.39 is 23.5 Å². The number of amides is 1. The number of alkyl halides is 3. The molecule has 12 heteroatoms. The van der Waals surface area contributed by atoms with Crippen molar-refractivity contribution in [2.24, 2.45) is 0 Å². The summed E-state index contributed by atoms with van der Waals surface area (Å²) in [5, 5.41) is 4.34. The molecule has 8 nitrogen and oxygen atoms in total. The quantitative estimate of drug-likeness (QED) is 0.689. The van der Waals surface area contributed by atoms with E-state index in [-0.39, 0.29) is 28.6 Å². The third-order valence-corrected chi connectivity index (χ3v) is 4.83. The van der Waals surface area contributed by atoms with Gasteiger partial charge in [-0.2, -0.15) is 13.2 Å². The first-order chi connectivity index (χ1) is 14.6. The Balaban J connectivity index is 1.79. The van der Waals surface area contributed by atoms with Crippen LogP contribution in [0.15, 0.2) is 18.3 Å². The van der Waals surface area contributed by atoms with Crippen LogP contribution in [0.25, 0.3) is 0 Å². The number of carbonyl (C=O) groups excluding carboxylic acids is 1. The normalized spacial score (nSPS) is 15.6. The molecule has 168 valence electrons. The summed E-state index contributed by atoms with van der Waals surface area (Å²) in [5.41, 5.74) is 1.25. The monoisotopic (exact) mass is 442 g/mol. The molecule has 1 fully saturated rings. The third-order valence-electron chi connectivity index (χ3n) is 4.83. The molecule has 0 spiro atoms. The molecule has 31 heavy (non-hydrogen) atoms. The van der Waals surface area contributed by atoms with Gasteiger partial charge in [-0.25, -0.2) is 19.4 Å². The molecule has 0 radical (unpaired) electrons. The number of nitrogens with zero attached hydrogens (tertiary/aromatic N) is 4. The van der Waals surface area contributed by atoms with E-state index in [4.69, 9.17) is 4.74 Å². The topological polar surface area (TPSA) is 82.6 Å². The van der Waals surface area contributed by atoms with Crippen LogP contribution in [0.1, 0.15) is 21.6 Å². The lowest BCUT2D eigenvalue weighted by atomic mass is 10.1. The fourth-order valence-corrected chi connectivity index (χ4v) is 3.04. The van der Waals surface area contributed by atoms with Crippen LogP contribution in [0.5, 0.6) is 5.75 Å². The summed E-state index contributed by atoms with van der Waals surface area (Å²) >= 11 is 0. The average Bonchev–Trinajstić information content (AvgIpc) is 2.69. The van der Waals surface area contributed by atoms with Gasteiger partial charge in [0.15, 0.2) is 0 Å². The summed E-state index contributed by atoms with van der Waals surface area (Å²) in [6, 6.07) is 2.22. The van der Waals surface area contributed by atoms with Gasteiger partial charge in [-0.1, -0.05) is 0 Å². The number of hydrogen-bond donors (Lipinski definition) is 2. The highest BCUT2D eigenvalue weighted by atomic mass is 19.4. The molecule has 0 saturated carbocycles. The first kappa shape index (κ1) is 22.7. The lowest BCUT2D eigenvalue weighted by molar-refractivity contribution is -0.138. The fourth-order valence-electron chi connectivity index (χ4n) is 3.04. The maximum atomic E-state index is 14.7. The Hall–Kier alpha value is -2.99. The smallest absolute Gasteiger partial charge is 0.419 e. The van der Waals surface area contributed by atoms with Crippen LogP contribution < -0.4 is 15.5 Å². The zero-order valence-corrected chi connectivity index (χ0v) is 17.2. The van der Waals surface area contributed by atoms with Crippen molar-refractivity contribution in [2.45, 2.75) is 13.1 Å². The molecule has 2 heterocycles. The number of methoxy groups -OCH3 is 1. The molecule has 1 aromatic heterocycles. The number of hydrazine groups is 1. The van der Waals surface area contributed by atoms with Crippen molar-refractivity contribution < 1.29 is 27.1 Å². The second-order valence-electron chi connectivity index (χ2n) is 7.08. The van der Waals surface area contributed by atoms with E-state index in [9.17, 15) is 22.4 Å². The van der Waals surface area contributed by atoms with Gasteiger partial charge < -0.3 is 15.0 Å². The van der Waals surface area contributed by atoms with Crippen molar-refractivity contribution in [3.8, 4) is 5.75 Å². The van der Waals surface area contributed by atoms with Crippen molar-refractivity contribution in [1.82, 2.24) is 25.3 Å². The van der Waals surface area contributed by atoms with Gasteiger partial charge in [0.25, 0.3) is 5.91 Å². The van der Waals surface area contributed by atoms with Crippen molar-refractivity contribution in [1.29, 1.82) is 0 Å². The van der Waals surface area contributed by atoms with E-state index in [1.54, 1.807) is 5.01 Å². The highest BCUT2D eigenvalue weighted by Gasteiger charge is 2.33. The standard InChI is InChI=1S/C19H22F4N6O2/c1-11-13(19(21,22)23)10-24-18(25-11)26-15-9-14(20)12(8-16(15)31-3)17(30)27-29-6-4-28(2)5-7-29/h8-10H,4-7H2,1-3H3,(H,27,30)(H,24,25,26). The maximum Gasteiger partial charge on any atom is 0.419 e. The SMILES string of the molecule is COc1cc(C(=O)NN2CCN(C)CC2)c(F)cc1Nc1ncc(C(F)(F)F)c(C)n1. The molecule has 1 aromatic carbocycles. The van der Waals surface area contributed by atoms with E-state index in [1.165, 1.54) is 20.1 Å². The van der Waals surface area contributed by atoms with Crippen molar-refractivity contribution >= 4 is 17.5 Å². The van der Waals surface area contributed by atoms with Crippen LogP contribution in [0.3, 0.4) is 0 Å². The van der Waals surface area contributed by atoms with E-state index in [1.807, 2.05) is 7.05 Å². The van der Waals surface area contributed by atoms with Crippen LogP contribution >= 0.6 is 0 Å². The fraction of sp³-hybridized carbons (Fsp3) is 0.421. The molecule has 3 rings (SSSR count). The maximum absolute atomic E-state index is 14.7. The lowest BCUT2D eigenvalue weighted by Gasteiger charge is -2.32. The summed E-state index contributed by atoms with van der Waals surface area (Å²) in [6.07, 6.45) is -3.93. The number of nitrogens with one attached hydrogen (secondary N) is 2.